The molecule has 0 amide bonds. The Morgan fingerprint density at radius 1 is 1.60 bits per heavy atom. The van der Waals surface area contributed by atoms with Gasteiger partial charge in [0.1, 0.15) is 5.82 Å². The highest BCUT2D eigenvalue weighted by Crippen LogP contribution is 2.37. The maximum absolute atomic E-state index is 5.09. The van der Waals surface area contributed by atoms with Crippen LogP contribution in [-0.2, 0) is 0 Å². The first-order valence-corrected chi connectivity index (χ1v) is 3.29. The van der Waals surface area contributed by atoms with Crippen molar-refractivity contribution in [2.24, 2.45) is 5.84 Å². The first kappa shape index (κ1) is 5.67. The van der Waals surface area contributed by atoms with Crippen molar-refractivity contribution in [3.63, 3.8) is 0 Å². The Bertz CT molecular complexity index is 226. The van der Waals surface area contributed by atoms with Crippen LogP contribution in [0.5, 0.6) is 0 Å². The predicted molar refractivity (Wildman–Crippen MR) is 36.2 cm³/mol. The molecule has 1 fully saturated rings. The van der Waals surface area contributed by atoms with Crippen molar-refractivity contribution in [1.29, 1.82) is 0 Å². The molecule has 1 aromatic rings. The smallest absolute Gasteiger partial charge is 0.256 e. The number of nitrogens with two attached hydrogens (primary N) is 1. The van der Waals surface area contributed by atoms with Crippen molar-refractivity contribution < 1.29 is 0 Å². The van der Waals surface area contributed by atoms with Crippen LogP contribution in [0, 0.1) is 0 Å². The van der Waals surface area contributed by atoms with Crippen LogP contribution in [0.2, 0.25) is 0 Å². The molecule has 1 saturated carbocycles. The van der Waals surface area contributed by atoms with Gasteiger partial charge in [-0.2, -0.15) is 4.98 Å². The zero-order valence-corrected chi connectivity index (χ0v) is 5.46. The lowest BCUT2D eigenvalue weighted by molar-refractivity contribution is 0.934. The molecule has 5 nitrogen and oxygen atoms in total. The highest BCUT2D eigenvalue weighted by Gasteiger charge is 2.26. The van der Waals surface area contributed by atoms with Gasteiger partial charge in [-0.1, -0.05) is 0 Å². The summed E-state index contributed by atoms with van der Waals surface area (Å²) in [5, 5.41) is 6.64. The Morgan fingerprint density at radius 2 is 2.40 bits per heavy atom. The molecule has 0 saturated heterocycles. The summed E-state index contributed by atoms with van der Waals surface area (Å²) in [6.45, 7) is 0. The minimum Gasteiger partial charge on any atom is -0.291 e. The van der Waals surface area contributed by atoms with Gasteiger partial charge in [-0.05, 0) is 12.8 Å². The van der Waals surface area contributed by atoms with E-state index < -0.39 is 0 Å². The summed E-state index contributed by atoms with van der Waals surface area (Å²) in [6, 6.07) is 0. The molecule has 0 aliphatic heterocycles. The number of hydrogen-bond donors (Lipinski definition) is 3. The zero-order chi connectivity index (χ0) is 6.97. The average molecular weight is 139 g/mol. The molecule has 1 aromatic heterocycles. The van der Waals surface area contributed by atoms with Gasteiger partial charge in [-0.3, -0.25) is 10.5 Å². The fraction of sp³-hybridized carbons (Fsp3) is 0.600. The number of nitrogen functional groups attached to an aromatic ring is 1. The molecule has 2 rings (SSSR count). The van der Waals surface area contributed by atoms with Gasteiger partial charge in [0.2, 0.25) is 0 Å². The van der Waals surface area contributed by atoms with E-state index in [1.165, 1.54) is 12.8 Å². The first-order valence-electron chi connectivity index (χ1n) is 3.29. The topological polar surface area (TPSA) is 79.6 Å². The van der Waals surface area contributed by atoms with Crippen LogP contribution in [0.15, 0.2) is 0 Å². The maximum Gasteiger partial charge on any atom is 0.256 e. The van der Waals surface area contributed by atoms with Crippen molar-refractivity contribution in [1.82, 2.24) is 15.2 Å². The van der Waals surface area contributed by atoms with Gasteiger partial charge < -0.3 is 0 Å². The van der Waals surface area contributed by atoms with Crippen molar-refractivity contribution in [2.75, 3.05) is 5.43 Å². The van der Waals surface area contributed by atoms with E-state index in [0.717, 1.165) is 5.82 Å². The number of nitrogens with one attached hydrogen (secondary N) is 2. The second-order valence-electron chi connectivity index (χ2n) is 2.46. The Kier molecular flexibility index (Phi) is 1.10. The number of rotatable bonds is 2. The van der Waals surface area contributed by atoms with E-state index in [4.69, 9.17) is 5.84 Å². The lowest BCUT2D eigenvalue weighted by Crippen LogP contribution is -2.08. The van der Waals surface area contributed by atoms with E-state index in [-0.39, 0.29) is 0 Å². The summed E-state index contributed by atoms with van der Waals surface area (Å²) in [4.78, 5) is 4.09. The number of hydrogen-bond acceptors (Lipinski definition) is 4. The number of aromatic nitrogens is 3. The van der Waals surface area contributed by atoms with Crippen LogP contribution in [0.4, 0.5) is 5.95 Å². The largest absolute Gasteiger partial charge is 0.291 e. The first-order chi connectivity index (χ1) is 4.90. The molecule has 0 radical (unpaired) electrons. The number of nitrogens with zero attached hydrogens (tertiary/aromatic N) is 2. The molecule has 10 heavy (non-hydrogen) atoms. The molecule has 54 valence electrons. The minimum atomic E-state index is 0.474. The van der Waals surface area contributed by atoms with Gasteiger partial charge in [0.25, 0.3) is 5.95 Å². The molecule has 0 spiro atoms. The second kappa shape index (κ2) is 1.95. The van der Waals surface area contributed by atoms with Crippen LogP contribution >= 0.6 is 0 Å². The van der Waals surface area contributed by atoms with Crippen LogP contribution in [0.3, 0.4) is 0 Å². The lowest BCUT2D eigenvalue weighted by Gasteiger charge is -1.85. The highest BCUT2D eigenvalue weighted by molar-refractivity contribution is 5.21. The SMILES string of the molecule is NNc1n[nH]c(C2CC2)n1. The van der Waals surface area contributed by atoms with Crippen LogP contribution < -0.4 is 11.3 Å². The summed E-state index contributed by atoms with van der Waals surface area (Å²) >= 11 is 0. The number of aromatic amines is 1. The molecular weight excluding hydrogens is 130 g/mol. The summed E-state index contributed by atoms with van der Waals surface area (Å²) in [5.41, 5.74) is 2.38. The molecule has 0 aromatic carbocycles. The number of hydrazine groups is 1. The zero-order valence-electron chi connectivity index (χ0n) is 5.46. The van der Waals surface area contributed by atoms with Crippen LogP contribution in [0.1, 0.15) is 24.6 Å². The van der Waals surface area contributed by atoms with Gasteiger partial charge in [0, 0.05) is 5.92 Å². The van der Waals surface area contributed by atoms with E-state index in [9.17, 15) is 0 Å². The molecular formula is C5H9N5. The van der Waals surface area contributed by atoms with E-state index in [1.54, 1.807) is 0 Å². The third kappa shape index (κ3) is 0.841. The molecule has 4 N–H and O–H groups in total. The summed E-state index contributed by atoms with van der Waals surface area (Å²) in [5.74, 6) is 7.12. The van der Waals surface area contributed by atoms with Gasteiger partial charge in [-0.25, -0.2) is 5.84 Å². The minimum absolute atomic E-state index is 0.474. The fourth-order valence-corrected chi connectivity index (χ4v) is 0.878. The summed E-state index contributed by atoms with van der Waals surface area (Å²) in [6.07, 6.45) is 2.44. The molecule has 0 atom stereocenters. The van der Waals surface area contributed by atoms with Crippen LogP contribution in [0.25, 0.3) is 0 Å². The normalized spacial score (nSPS) is 17.3. The Labute approximate surface area is 58.0 Å². The molecule has 1 heterocycles. The highest BCUT2D eigenvalue weighted by atomic mass is 15.4. The maximum atomic E-state index is 5.09. The van der Waals surface area contributed by atoms with E-state index in [0.29, 0.717) is 11.9 Å². The molecule has 1 aliphatic carbocycles. The van der Waals surface area contributed by atoms with Crippen molar-refractivity contribution >= 4 is 5.95 Å². The third-order valence-corrected chi connectivity index (χ3v) is 1.60. The quantitative estimate of drug-likeness (QED) is 0.397. The Balaban J connectivity index is 2.19. The average Bonchev–Trinajstić information content (AvgIpc) is 2.70. The summed E-state index contributed by atoms with van der Waals surface area (Å²) in [7, 11) is 0. The van der Waals surface area contributed by atoms with E-state index in [2.05, 4.69) is 20.6 Å². The lowest BCUT2D eigenvalue weighted by atomic mass is 10.4. The van der Waals surface area contributed by atoms with Gasteiger partial charge in [0.05, 0.1) is 0 Å². The standard InChI is InChI=1S/C5H9N5/c6-8-5-7-4(9-10-5)3-1-2-3/h3H,1-2,6H2,(H2,7,8,9,10). The second-order valence-corrected chi connectivity index (χ2v) is 2.46. The van der Waals surface area contributed by atoms with Gasteiger partial charge in [-0.15, -0.1) is 5.10 Å². The molecule has 0 unspecified atom stereocenters. The molecule has 5 heteroatoms. The van der Waals surface area contributed by atoms with E-state index >= 15 is 0 Å². The van der Waals surface area contributed by atoms with E-state index in [1.807, 2.05) is 0 Å². The molecule has 0 bridgehead atoms. The van der Waals surface area contributed by atoms with Gasteiger partial charge in [0.15, 0.2) is 0 Å². The van der Waals surface area contributed by atoms with Crippen molar-refractivity contribution in [3.05, 3.63) is 5.82 Å². The predicted octanol–water partition coefficient (Wildman–Crippen LogP) is -0.0323. The Morgan fingerprint density at radius 3 is 2.90 bits per heavy atom. The number of anilines is 1. The molecule has 1 aliphatic rings. The monoisotopic (exact) mass is 139 g/mol. The van der Waals surface area contributed by atoms with Crippen molar-refractivity contribution in [2.45, 2.75) is 18.8 Å². The fourth-order valence-electron chi connectivity index (χ4n) is 0.878. The third-order valence-electron chi connectivity index (χ3n) is 1.60. The number of H-pyrrole nitrogens is 1. The van der Waals surface area contributed by atoms with Crippen LogP contribution in [-0.4, -0.2) is 15.2 Å². The van der Waals surface area contributed by atoms with Crippen molar-refractivity contribution in [3.8, 4) is 0 Å². The van der Waals surface area contributed by atoms with Gasteiger partial charge >= 0.3 is 0 Å². The Hall–Kier alpha value is -1.10. The summed E-state index contributed by atoms with van der Waals surface area (Å²) < 4.78 is 0.